The van der Waals surface area contributed by atoms with Crippen LogP contribution in [0, 0.1) is 13.8 Å². The van der Waals surface area contributed by atoms with Gasteiger partial charge in [-0.1, -0.05) is 12.1 Å². The molecule has 3 aromatic heterocycles. The van der Waals surface area contributed by atoms with Gasteiger partial charge in [0.05, 0.1) is 28.8 Å². The number of anilines is 1. The Bertz CT molecular complexity index is 1290. The predicted molar refractivity (Wildman–Crippen MR) is 107 cm³/mol. The van der Waals surface area contributed by atoms with Crippen LogP contribution in [0.2, 0.25) is 0 Å². The molecule has 9 heteroatoms. The van der Waals surface area contributed by atoms with E-state index in [0.29, 0.717) is 11.4 Å². The molecule has 3 heterocycles. The highest BCUT2D eigenvalue weighted by atomic mass is 32.2. The molecule has 4 rings (SSSR count). The summed E-state index contributed by atoms with van der Waals surface area (Å²) in [5.41, 5.74) is 4.62. The Kier molecular flexibility index (Phi) is 4.19. The van der Waals surface area contributed by atoms with Gasteiger partial charge in [-0.15, -0.1) is 0 Å². The molecule has 1 aromatic carbocycles. The molecular weight excluding hydrogens is 376 g/mol. The average Bonchev–Trinajstić information content (AvgIpc) is 3.15. The van der Waals surface area contributed by atoms with Crippen molar-refractivity contribution in [1.82, 2.24) is 24.5 Å². The van der Waals surface area contributed by atoms with Gasteiger partial charge < -0.3 is 0 Å². The van der Waals surface area contributed by atoms with E-state index < -0.39 is 10.0 Å². The third-order valence-electron chi connectivity index (χ3n) is 4.82. The third-order valence-corrected chi connectivity index (χ3v) is 6.17. The highest BCUT2D eigenvalue weighted by molar-refractivity contribution is 7.92. The Morgan fingerprint density at radius 2 is 1.79 bits per heavy atom. The van der Waals surface area contributed by atoms with Crippen molar-refractivity contribution in [2.45, 2.75) is 18.7 Å². The van der Waals surface area contributed by atoms with Crippen LogP contribution in [-0.4, -0.2) is 33.0 Å². The molecule has 4 aromatic rings. The lowest BCUT2D eigenvalue weighted by molar-refractivity contribution is 0.601. The molecule has 0 aliphatic rings. The molecule has 0 saturated carbocycles. The highest BCUT2D eigenvalue weighted by Gasteiger charge is 2.19. The molecule has 0 radical (unpaired) electrons. The van der Waals surface area contributed by atoms with Gasteiger partial charge in [0.1, 0.15) is 4.90 Å². The molecular formula is C19H20N6O2S. The van der Waals surface area contributed by atoms with Gasteiger partial charge in [-0.3, -0.25) is 19.1 Å². The van der Waals surface area contributed by atoms with Crippen LogP contribution < -0.4 is 4.72 Å². The maximum absolute atomic E-state index is 12.9. The first kappa shape index (κ1) is 18.2. The number of aryl methyl sites for hydroxylation is 3. The van der Waals surface area contributed by atoms with Gasteiger partial charge in [0.15, 0.2) is 0 Å². The summed E-state index contributed by atoms with van der Waals surface area (Å²) >= 11 is 0. The van der Waals surface area contributed by atoms with E-state index in [1.165, 1.54) is 6.20 Å². The summed E-state index contributed by atoms with van der Waals surface area (Å²) in [6, 6.07) is 8.65. The fourth-order valence-corrected chi connectivity index (χ4v) is 4.36. The lowest BCUT2D eigenvalue weighted by atomic mass is 10.1. The molecule has 0 amide bonds. The first-order valence-corrected chi connectivity index (χ1v) is 10.2. The second kappa shape index (κ2) is 6.45. The quantitative estimate of drug-likeness (QED) is 0.572. The minimum atomic E-state index is -3.79. The molecule has 1 N–H and O–H groups in total. The molecule has 0 fully saturated rings. The second-order valence-corrected chi connectivity index (χ2v) is 8.35. The zero-order chi connectivity index (χ0) is 20.1. The van der Waals surface area contributed by atoms with Crippen molar-refractivity contribution in [3.63, 3.8) is 0 Å². The molecule has 0 aliphatic carbocycles. The normalized spacial score (nSPS) is 11.9. The minimum Gasteiger partial charge on any atom is -0.277 e. The van der Waals surface area contributed by atoms with Crippen LogP contribution in [0.25, 0.3) is 22.2 Å². The number of aromatic nitrogens is 5. The van der Waals surface area contributed by atoms with Gasteiger partial charge in [0.25, 0.3) is 10.0 Å². The van der Waals surface area contributed by atoms with Crippen LogP contribution in [0.5, 0.6) is 0 Å². The van der Waals surface area contributed by atoms with E-state index in [-0.39, 0.29) is 4.90 Å². The number of nitrogens with one attached hydrogen (secondary N) is 1. The molecule has 28 heavy (non-hydrogen) atoms. The van der Waals surface area contributed by atoms with Crippen molar-refractivity contribution in [2.75, 3.05) is 4.72 Å². The van der Waals surface area contributed by atoms with E-state index in [0.717, 1.165) is 27.9 Å². The number of hydrogen-bond acceptors (Lipinski definition) is 5. The summed E-state index contributed by atoms with van der Waals surface area (Å²) in [4.78, 5) is 4.46. The molecule has 0 bridgehead atoms. The average molecular weight is 396 g/mol. The minimum absolute atomic E-state index is 0.0922. The summed E-state index contributed by atoms with van der Waals surface area (Å²) in [7, 11) is -0.146. The van der Waals surface area contributed by atoms with Gasteiger partial charge in [-0.05, 0) is 32.0 Å². The maximum Gasteiger partial charge on any atom is 0.263 e. The fraction of sp³-hybridized carbons (Fsp3) is 0.211. The zero-order valence-electron chi connectivity index (χ0n) is 16.0. The van der Waals surface area contributed by atoms with Gasteiger partial charge in [-0.25, -0.2) is 8.42 Å². The van der Waals surface area contributed by atoms with E-state index in [9.17, 15) is 8.42 Å². The van der Waals surface area contributed by atoms with Crippen LogP contribution in [-0.2, 0) is 24.1 Å². The molecule has 0 saturated heterocycles. The van der Waals surface area contributed by atoms with Gasteiger partial charge in [-0.2, -0.15) is 10.2 Å². The van der Waals surface area contributed by atoms with Crippen LogP contribution in [0.15, 0.2) is 47.6 Å². The molecule has 144 valence electrons. The SMILES string of the molecule is Cc1nn(C)c(C)c1-c1ccc(S(=O)(=O)Nc2cccc3cnn(C)c23)cn1. The van der Waals surface area contributed by atoms with Crippen LogP contribution in [0.3, 0.4) is 0 Å². The first-order valence-electron chi connectivity index (χ1n) is 8.68. The van der Waals surface area contributed by atoms with E-state index in [2.05, 4.69) is 19.9 Å². The first-order chi connectivity index (χ1) is 13.3. The van der Waals surface area contributed by atoms with Crippen molar-refractivity contribution in [3.05, 3.63) is 54.1 Å². The van der Waals surface area contributed by atoms with Crippen molar-refractivity contribution in [3.8, 4) is 11.3 Å². The van der Waals surface area contributed by atoms with Gasteiger partial charge in [0, 0.05) is 36.9 Å². The number of nitrogens with zero attached hydrogens (tertiary/aromatic N) is 5. The largest absolute Gasteiger partial charge is 0.277 e. The fourth-order valence-electron chi connectivity index (χ4n) is 3.35. The predicted octanol–water partition coefficient (Wildman–Crippen LogP) is 2.79. The Labute approximate surface area is 162 Å². The van der Waals surface area contributed by atoms with Crippen molar-refractivity contribution in [2.24, 2.45) is 14.1 Å². The molecule has 0 atom stereocenters. The molecule has 0 spiro atoms. The van der Waals surface area contributed by atoms with Crippen LogP contribution in [0.1, 0.15) is 11.4 Å². The Morgan fingerprint density at radius 1 is 1.00 bits per heavy atom. The summed E-state index contributed by atoms with van der Waals surface area (Å²) < 4.78 is 31.8. The standard InChI is InChI=1S/C19H20N6O2S/c1-12-18(13(2)24(3)22-12)16-9-8-15(11-20-16)28(26,27)23-17-7-5-6-14-10-21-25(4)19(14)17/h5-11,23H,1-4H3. The third kappa shape index (κ3) is 2.93. The van der Waals surface area contributed by atoms with E-state index in [1.807, 2.05) is 27.0 Å². The van der Waals surface area contributed by atoms with Crippen molar-refractivity contribution in [1.29, 1.82) is 0 Å². The van der Waals surface area contributed by atoms with Crippen LogP contribution in [0.4, 0.5) is 5.69 Å². The number of pyridine rings is 1. The van der Waals surface area contributed by atoms with Gasteiger partial charge in [0.2, 0.25) is 0 Å². The smallest absolute Gasteiger partial charge is 0.263 e. The number of para-hydroxylation sites is 1. The number of rotatable bonds is 4. The Hall–Kier alpha value is -3.20. The maximum atomic E-state index is 12.9. The van der Waals surface area contributed by atoms with E-state index in [4.69, 9.17) is 0 Å². The summed E-state index contributed by atoms with van der Waals surface area (Å²) in [5.74, 6) is 0. The highest BCUT2D eigenvalue weighted by Crippen LogP contribution is 2.27. The number of sulfonamides is 1. The van der Waals surface area contributed by atoms with Gasteiger partial charge >= 0.3 is 0 Å². The molecule has 8 nitrogen and oxygen atoms in total. The van der Waals surface area contributed by atoms with E-state index in [1.54, 1.807) is 46.9 Å². The lowest BCUT2D eigenvalue weighted by Gasteiger charge is -2.10. The monoisotopic (exact) mass is 396 g/mol. The van der Waals surface area contributed by atoms with Crippen molar-refractivity contribution < 1.29 is 8.42 Å². The number of fused-ring (bicyclic) bond motifs is 1. The number of hydrogen-bond donors (Lipinski definition) is 1. The Morgan fingerprint density at radius 3 is 2.43 bits per heavy atom. The van der Waals surface area contributed by atoms with E-state index >= 15 is 0 Å². The van der Waals surface area contributed by atoms with Crippen LogP contribution >= 0.6 is 0 Å². The molecule has 0 aliphatic heterocycles. The zero-order valence-corrected chi connectivity index (χ0v) is 16.8. The summed E-state index contributed by atoms with van der Waals surface area (Å²) in [6.07, 6.45) is 3.06. The summed E-state index contributed by atoms with van der Waals surface area (Å²) in [5, 5.41) is 9.43. The Balaban J connectivity index is 1.69. The van der Waals surface area contributed by atoms with Crippen molar-refractivity contribution >= 4 is 26.6 Å². The lowest BCUT2D eigenvalue weighted by Crippen LogP contribution is -2.14. The second-order valence-electron chi connectivity index (χ2n) is 6.67. The number of benzene rings is 1. The molecule has 0 unspecified atom stereocenters. The summed E-state index contributed by atoms with van der Waals surface area (Å²) in [6.45, 7) is 3.86. The topological polar surface area (TPSA) is 94.7 Å².